The van der Waals surface area contributed by atoms with Crippen LogP contribution in [0.4, 0.5) is 0 Å². The zero-order chi connectivity index (χ0) is 19.3. The normalized spacial score (nSPS) is 19.4. The molecule has 1 aliphatic heterocycles. The largest absolute Gasteiger partial charge is 0.481 e. The summed E-state index contributed by atoms with van der Waals surface area (Å²) < 4.78 is 31.2. The van der Waals surface area contributed by atoms with Crippen molar-refractivity contribution in [1.82, 2.24) is 9.62 Å². The average molecular weight is 383 g/mol. The van der Waals surface area contributed by atoms with E-state index >= 15 is 0 Å². The van der Waals surface area contributed by atoms with E-state index in [4.69, 9.17) is 4.74 Å². The fraction of sp³-hybridized carbons (Fsp3) is 0.632. The topological polar surface area (TPSA) is 75.7 Å². The van der Waals surface area contributed by atoms with E-state index in [-0.39, 0.29) is 18.5 Å². The van der Waals surface area contributed by atoms with Crippen LogP contribution in [0.3, 0.4) is 0 Å². The van der Waals surface area contributed by atoms with Gasteiger partial charge < -0.3 is 9.64 Å². The maximum absolute atomic E-state index is 12.9. The van der Waals surface area contributed by atoms with Gasteiger partial charge in [0, 0.05) is 19.1 Å². The summed E-state index contributed by atoms with van der Waals surface area (Å²) in [4.78, 5) is 14.6. The van der Waals surface area contributed by atoms with E-state index in [1.807, 2.05) is 24.3 Å². The molecule has 1 saturated heterocycles. The Morgan fingerprint density at radius 1 is 1.31 bits per heavy atom. The highest BCUT2D eigenvalue weighted by Gasteiger charge is 2.31. The van der Waals surface area contributed by atoms with E-state index in [1.165, 1.54) is 0 Å². The van der Waals surface area contributed by atoms with Crippen LogP contribution in [0.25, 0.3) is 0 Å². The number of hydrogen-bond donors (Lipinski definition) is 1. The highest BCUT2D eigenvalue weighted by atomic mass is 32.2. The van der Waals surface area contributed by atoms with Crippen LogP contribution in [0.1, 0.15) is 51.5 Å². The lowest BCUT2D eigenvalue weighted by molar-refractivity contribution is -0.141. The SMILES string of the molecule is CC(Oc1cccc(C(C)C)c1)C(=O)N1CCCCC1CNS(C)(=O)=O. The number of carbonyl (C=O) groups excluding carboxylic acids is 1. The number of benzene rings is 1. The minimum atomic E-state index is -3.27. The Bertz CT molecular complexity index is 718. The maximum Gasteiger partial charge on any atom is 0.263 e. The van der Waals surface area contributed by atoms with E-state index in [0.717, 1.165) is 31.1 Å². The molecule has 0 bridgehead atoms. The van der Waals surface area contributed by atoms with E-state index in [2.05, 4.69) is 18.6 Å². The third-order valence-corrected chi connectivity index (χ3v) is 5.37. The second-order valence-electron chi connectivity index (χ2n) is 7.29. The number of nitrogens with zero attached hydrogens (tertiary/aromatic N) is 1. The van der Waals surface area contributed by atoms with Crippen molar-refractivity contribution in [2.24, 2.45) is 0 Å². The Balaban J connectivity index is 2.03. The zero-order valence-corrected chi connectivity index (χ0v) is 16.9. The summed E-state index contributed by atoms with van der Waals surface area (Å²) in [5.41, 5.74) is 1.16. The van der Waals surface area contributed by atoms with E-state index in [9.17, 15) is 13.2 Å². The molecule has 7 heteroatoms. The van der Waals surface area contributed by atoms with E-state index in [0.29, 0.717) is 18.2 Å². The molecule has 0 radical (unpaired) electrons. The molecule has 26 heavy (non-hydrogen) atoms. The molecule has 0 saturated carbocycles. The first-order valence-corrected chi connectivity index (χ1v) is 11.1. The molecule has 146 valence electrons. The highest BCUT2D eigenvalue weighted by molar-refractivity contribution is 7.88. The van der Waals surface area contributed by atoms with Gasteiger partial charge >= 0.3 is 0 Å². The first-order valence-electron chi connectivity index (χ1n) is 9.19. The molecule has 1 aromatic carbocycles. The number of amides is 1. The molecule has 0 aromatic heterocycles. The summed E-state index contributed by atoms with van der Waals surface area (Å²) in [6, 6.07) is 7.67. The summed E-state index contributed by atoms with van der Waals surface area (Å²) in [6.45, 7) is 6.86. The molecule has 1 fully saturated rings. The van der Waals surface area contributed by atoms with Gasteiger partial charge in [-0.05, 0) is 49.8 Å². The van der Waals surface area contributed by atoms with E-state index < -0.39 is 16.1 Å². The fourth-order valence-electron chi connectivity index (χ4n) is 3.19. The van der Waals surface area contributed by atoms with Crippen molar-refractivity contribution in [3.63, 3.8) is 0 Å². The van der Waals surface area contributed by atoms with Gasteiger partial charge in [-0.2, -0.15) is 0 Å². The molecule has 2 rings (SSSR count). The Morgan fingerprint density at radius 2 is 2.04 bits per heavy atom. The number of nitrogens with one attached hydrogen (secondary N) is 1. The maximum atomic E-state index is 12.9. The van der Waals surface area contributed by atoms with Gasteiger partial charge in [0.1, 0.15) is 5.75 Å². The third kappa shape index (κ3) is 5.99. The van der Waals surface area contributed by atoms with Gasteiger partial charge in [0.25, 0.3) is 5.91 Å². The molecule has 6 nitrogen and oxygen atoms in total. The number of sulfonamides is 1. The molecule has 0 spiro atoms. The Morgan fingerprint density at radius 3 is 2.69 bits per heavy atom. The van der Waals surface area contributed by atoms with Crippen molar-refractivity contribution >= 4 is 15.9 Å². The Hall–Kier alpha value is -1.60. The molecular formula is C19H30N2O4S. The Kier molecular flexibility index (Phi) is 7.06. The molecule has 2 atom stereocenters. The van der Waals surface area contributed by atoms with Crippen LogP contribution >= 0.6 is 0 Å². The number of rotatable bonds is 7. The molecule has 1 amide bonds. The van der Waals surface area contributed by atoms with Crippen LogP contribution in [-0.2, 0) is 14.8 Å². The van der Waals surface area contributed by atoms with Gasteiger partial charge in [-0.3, -0.25) is 4.79 Å². The van der Waals surface area contributed by atoms with Crippen molar-refractivity contribution in [2.75, 3.05) is 19.3 Å². The van der Waals surface area contributed by atoms with Crippen molar-refractivity contribution < 1.29 is 17.9 Å². The molecule has 1 aromatic rings. The summed E-state index contributed by atoms with van der Waals surface area (Å²) in [5.74, 6) is 0.970. The first-order chi connectivity index (χ1) is 12.2. The van der Waals surface area contributed by atoms with E-state index in [1.54, 1.807) is 11.8 Å². The van der Waals surface area contributed by atoms with Gasteiger partial charge in [0.15, 0.2) is 6.10 Å². The molecule has 0 aliphatic carbocycles. The standard InChI is InChI=1S/C19H30N2O4S/c1-14(2)16-8-7-10-18(12-16)25-15(3)19(22)21-11-6-5-9-17(21)13-20-26(4,23)24/h7-8,10,12,14-15,17,20H,5-6,9,11,13H2,1-4H3. The van der Waals surface area contributed by atoms with Crippen molar-refractivity contribution in [3.8, 4) is 5.75 Å². The number of carbonyl (C=O) groups is 1. The van der Waals surface area contributed by atoms with Crippen LogP contribution < -0.4 is 9.46 Å². The molecule has 1 N–H and O–H groups in total. The monoisotopic (exact) mass is 382 g/mol. The number of piperidine rings is 1. The van der Waals surface area contributed by atoms with Crippen LogP contribution in [0, 0.1) is 0 Å². The molecular weight excluding hydrogens is 352 g/mol. The summed E-state index contributed by atoms with van der Waals surface area (Å²) >= 11 is 0. The second-order valence-corrected chi connectivity index (χ2v) is 9.12. The van der Waals surface area contributed by atoms with Crippen LogP contribution in [0.5, 0.6) is 5.75 Å². The predicted molar refractivity (Wildman–Crippen MR) is 103 cm³/mol. The fourth-order valence-corrected chi connectivity index (χ4v) is 3.68. The smallest absolute Gasteiger partial charge is 0.263 e. The van der Waals surface area contributed by atoms with Crippen LogP contribution in [0.2, 0.25) is 0 Å². The van der Waals surface area contributed by atoms with Gasteiger partial charge in [-0.15, -0.1) is 0 Å². The van der Waals surface area contributed by atoms with Crippen LogP contribution in [-0.4, -0.2) is 50.7 Å². The Labute approximate surface area is 157 Å². The van der Waals surface area contributed by atoms with Crippen molar-refractivity contribution in [3.05, 3.63) is 29.8 Å². The van der Waals surface area contributed by atoms with Crippen molar-refractivity contribution in [2.45, 2.75) is 58.1 Å². The molecule has 1 aliphatic rings. The number of ether oxygens (including phenoxy) is 1. The van der Waals surface area contributed by atoms with Gasteiger partial charge in [0.2, 0.25) is 10.0 Å². The molecule has 1 heterocycles. The second kappa shape index (κ2) is 8.86. The third-order valence-electron chi connectivity index (χ3n) is 4.68. The lowest BCUT2D eigenvalue weighted by atomic mass is 10.0. The zero-order valence-electron chi connectivity index (χ0n) is 16.1. The summed E-state index contributed by atoms with van der Waals surface area (Å²) in [5, 5.41) is 0. The lowest BCUT2D eigenvalue weighted by Crippen LogP contribution is -2.52. The van der Waals surface area contributed by atoms with Gasteiger partial charge in [0.05, 0.1) is 6.26 Å². The first kappa shape index (κ1) is 20.7. The molecule has 2 unspecified atom stereocenters. The van der Waals surface area contributed by atoms with Gasteiger partial charge in [-0.1, -0.05) is 26.0 Å². The van der Waals surface area contributed by atoms with Crippen molar-refractivity contribution in [1.29, 1.82) is 0 Å². The van der Waals surface area contributed by atoms with Gasteiger partial charge in [-0.25, -0.2) is 13.1 Å². The van der Waals surface area contributed by atoms with Crippen LogP contribution in [0.15, 0.2) is 24.3 Å². The average Bonchev–Trinajstić information content (AvgIpc) is 2.59. The predicted octanol–water partition coefficient (Wildman–Crippen LogP) is 2.51. The lowest BCUT2D eigenvalue weighted by Gasteiger charge is -2.37. The summed E-state index contributed by atoms with van der Waals surface area (Å²) in [7, 11) is -3.27. The minimum absolute atomic E-state index is 0.0973. The number of likely N-dealkylation sites (tertiary alicyclic amines) is 1. The quantitative estimate of drug-likeness (QED) is 0.786. The number of hydrogen-bond acceptors (Lipinski definition) is 4. The summed E-state index contributed by atoms with van der Waals surface area (Å²) in [6.07, 6.45) is 3.23. The minimum Gasteiger partial charge on any atom is -0.481 e. The highest BCUT2D eigenvalue weighted by Crippen LogP contribution is 2.23.